The molecule has 0 fully saturated rings. The number of esters is 1. The van der Waals surface area contributed by atoms with Gasteiger partial charge >= 0.3 is 12.0 Å². The number of carbonyl (C=O) groups is 1. The summed E-state index contributed by atoms with van der Waals surface area (Å²) >= 11 is 6.62. The molecule has 0 radical (unpaired) electrons. The maximum Gasteiger partial charge on any atom is 0.338 e. The minimum atomic E-state index is -0.436. The zero-order valence-electron chi connectivity index (χ0n) is 23.3. The predicted octanol–water partition coefficient (Wildman–Crippen LogP) is 5.93. The van der Waals surface area contributed by atoms with Crippen molar-refractivity contribution in [3.63, 3.8) is 0 Å². The Balaban J connectivity index is 1.27. The molecule has 42 heavy (non-hydrogen) atoms. The van der Waals surface area contributed by atoms with Crippen LogP contribution in [-0.4, -0.2) is 59.5 Å². The van der Waals surface area contributed by atoms with E-state index in [1.54, 1.807) is 24.3 Å². The summed E-state index contributed by atoms with van der Waals surface area (Å²) in [6.45, 7) is 4.27. The van der Waals surface area contributed by atoms with Gasteiger partial charge in [0, 0.05) is 18.7 Å². The van der Waals surface area contributed by atoms with Gasteiger partial charge in [-0.25, -0.2) is 9.78 Å². The first-order valence-corrected chi connectivity index (χ1v) is 13.8. The smallest absolute Gasteiger partial charge is 0.338 e. The number of pyridine rings is 1. The first-order valence-electron chi connectivity index (χ1n) is 13.5. The van der Waals surface area contributed by atoms with Gasteiger partial charge in [0.2, 0.25) is 0 Å². The quantitative estimate of drug-likeness (QED) is 0.122. The van der Waals surface area contributed by atoms with Crippen LogP contribution in [0.2, 0.25) is 5.02 Å². The topological polar surface area (TPSA) is 119 Å². The molecule has 0 saturated carbocycles. The SMILES string of the molecule is COC(=O)c1cc(Oc2nc3nc(-c4ccc(-c5ccc(CNCCOCCO)cc5)cc4)c(Cl)cc3[nH]2)ccc1C. The van der Waals surface area contributed by atoms with Gasteiger partial charge in [-0.2, -0.15) is 4.98 Å². The number of fused-ring (bicyclic) bond motifs is 1. The Morgan fingerprint density at radius 1 is 0.952 bits per heavy atom. The average molecular weight is 587 g/mol. The number of benzene rings is 3. The van der Waals surface area contributed by atoms with E-state index in [9.17, 15) is 4.79 Å². The van der Waals surface area contributed by atoms with Crippen molar-refractivity contribution in [1.29, 1.82) is 0 Å². The average Bonchev–Trinajstić information content (AvgIpc) is 3.40. The number of aromatic amines is 1. The van der Waals surface area contributed by atoms with Crippen LogP contribution in [0.1, 0.15) is 21.5 Å². The van der Waals surface area contributed by atoms with Crippen molar-refractivity contribution in [2.75, 3.05) is 33.5 Å². The molecule has 0 spiro atoms. The zero-order chi connectivity index (χ0) is 29.5. The number of rotatable bonds is 12. The molecule has 2 heterocycles. The summed E-state index contributed by atoms with van der Waals surface area (Å²) in [6, 6.07) is 23.6. The Bertz CT molecular complexity index is 1670. The second-order valence-electron chi connectivity index (χ2n) is 9.59. The van der Waals surface area contributed by atoms with Crippen molar-refractivity contribution in [1.82, 2.24) is 20.3 Å². The number of ether oxygens (including phenoxy) is 3. The molecule has 0 aliphatic rings. The van der Waals surface area contributed by atoms with Gasteiger partial charge in [-0.3, -0.25) is 0 Å². The standard InChI is InChI=1S/C32H31ClN4O5/c1-20-3-12-25(17-26(20)31(39)40-2)42-32-35-28-18-27(33)29(36-30(28)37-32)24-10-8-23(9-11-24)22-6-4-21(5-7-22)19-34-13-15-41-16-14-38/h3-12,17-18,34,38H,13-16,19H2,1-2H3,(H,35,36,37). The second kappa shape index (κ2) is 13.6. The highest BCUT2D eigenvalue weighted by molar-refractivity contribution is 6.33. The normalized spacial score (nSPS) is 11.1. The van der Waals surface area contributed by atoms with Gasteiger partial charge < -0.3 is 29.6 Å². The summed E-state index contributed by atoms with van der Waals surface area (Å²) in [6.07, 6.45) is 0. The lowest BCUT2D eigenvalue weighted by Gasteiger charge is -2.08. The molecule has 3 N–H and O–H groups in total. The van der Waals surface area contributed by atoms with Crippen molar-refractivity contribution in [3.05, 3.63) is 94.5 Å². The molecule has 5 rings (SSSR count). The fourth-order valence-corrected chi connectivity index (χ4v) is 4.69. The number of aryl methyl sites for hydroxylation is 1. The molecule has 0 bridgehead atoms. The molecule has 0 atom stereocenters. The molecule has 3 aromatic carbocycles. The molecule has 216 valence electrons. The number of H-pyrrole nitrogens is 1. The lowest BCUT2D eigenvalue weighted by Crippen LogP contribution is -2.19. The number of nitrogens with one attached hydrogen (secondary N) is 2. The number of aliphatic hydroxyl groups excluding tert-OH is 1. The molecule has 5 aromatic rings. The molecular weight excluding hydrogens is 556 g/mol. The van der Waals surface area contributed by atoms with Crippen LogP contribution in [0.25, 0.3) is 33.5 Å². The summed E-state index contributed by atoms with van der Waals surface area (Å²) in [5, 5.41) is 12.6. The van der Waals surface area contributed by atoms with Gasteiger partial charge in [0.05, 0.1) is 48.7 Å². The van der Waals surface area contributed by atoms with E-state index in [1.807, 2.05) is 31.2 Å². The summed E-state index contributed by atoms with van der Waals surface area (Å²) in [5.74, 6) is 0.00380. The van der Waals surface area contributed by atoms with Crippen LogP contribution in [-0.2, 0) is 16.0 Å². The van der Waals surface area contributed by atoms with Gasteiger partial charge in [0.25, 0.3) is 0 Å². The number of nitrogens with zero attached hydrogens (tertiary/aromatic N) is 2. The maximum absolute atomic E-state index is 12.0. The molecule has 0 saturated heterocycles. The predicted molar refractivity (Wildman–Crippen MR) is 162 cm³/mol. The minimum absolute atomic E-state index is 0.0407. The monoisotopic (exact) mass is 586 g/mol. The molecule has 0 unspecified atom stereocenters. The number of aliphatic hydroxyl groups is 1. The van der Waals surface area contributed by atoms with Crippen LogP contribution in [0.4, 0.5) is 0 Å². The molecule has 0 aliphatic carbocycles. The number of hydrogen-bond donors (Lipinski definition) is 3. The summed E-state index contributed by atoms with van der Waals surface area (Å²) in [4.78, 5) is 24.3. The number of carbonyl (C=O) groups excluding carboxylic acids is 1. The van der Waals surface area contributed by atoms with Gasteiger partial charge in [-0.15, -0.1) is 0 Å². The number of methoxy groups -OCH3 is 1. The number of halogens is 1. The van der Waals surface area contributed by atoms with Gasteiger partial charge in [-0.1, -0.05) is 66.2 Å². The molecular formula is C32H31ClN4O5. The summed E-state index contributed by atoms with van der Waals surface area (Å²) < 4.78 is 16.0. The van der Waals surface area contributed by atoms with Gasteiger partial charge in [0.15, 0.2) is 5.65 Å². The largest absolute Gasteiger partial charge is 0.465 e. The van der Waals surface area contributed by atoms with E-state index < -0.39 is 5.97 Å². The minimum Gasteiger partial charge on any atom is -0.465 e. The molecule has 0 amide bonds. The Hall–Kier alpha value is -4.28. The van der Waals surface area contributed by atoms with E-state index >= 15 is 0 Å². The summed E-state index contributed by atoms with van der Waals surface area (Å²) in [5.41, 5.74) is 7.12. The number of hydrogen-bond acceptors (Lipinski definition) is 8. The first-order chi connectivity index (χ1) is 20.4. The van der Waals surface area contributed by atoms with Crippen molar-refractivity contribution < 1.29 is 24.1 Å². The number of aromatic nitrogens is 3. The lowest BCUT2D eigenvalue weighted by molar-refractivity contribution is 0.0599. The Morgan fingerprint density at radius 2 is 1.67 bits per heavy atom. The Labute approximate surface area is 248 Å². The highest BCUT2D eigenvalue weighted by Crippen LogP contribution is 2.32. The molecule has 2 aromatic heterocycles. The van der Waals surface area contributed by atoms with E-state index in [4.69, 9.17) is 30.9 Å². The summed E-state index contributed by atoms with van der Waals surface area (Å²) in [7, 11) is 1.34. The third-order valence-electron chi connectivity index (χ3n) is 6.67. The molecule has 10 heteroatoms. The highest BCUT2D eigenvalue weighted by atomic mass is 35.5. The van der Waals surface area contributed by atoms with Crippen molar-refractivity contribution in [3.8, 4) is 34.1 Å². The Morgan fingerprint density at radius 3 is 2.38 bits per heavy atom. The van der Waals surface area contributed by atoms with Gasteiger partial charge in [-0.05, 0) is 47.4 Å². The van der Waals surface area contributed by atoms with E-state index in [2.05, 4.69) is 44.5 Å². The lowest BCUT2D eigenvalue weighted by atomic mass is 10.0. The Kier molecular flexibility index (Phi) is 9.45. The van der Waals surface area contributed by atoms with Gasteiger partial charge in [0.1, 0.15) is 5.75 Å². The van der Waals surface area contributed by atoms with Crippen molar-refractivity contribution in [2.45, 2.75) is 13.5 Å². The van der Waals surface area contributed by atoms with Crippen molar-refractivity contribution in [2.24, 2.45) is 0 Å². The van der Waals surface area contributed by atoms with Crippen LogP contribution in [0, 0.1) is 6.92 Å². The van der Waals surface area contributed by atoms with Crippen LogP contribution in [0.5, 0.6) is 11.8 Å². The fourth-order valence-electron chi connectivity index (χ4n) is 4.43. The van der Waals surface area contributed by atoms with Crippen LogP contribution >= 0.6 is 11.6 Å². The fraction of sp³-hybridized carbons (Fsp3) is 0.219. The first kappa shape index (κ1) is 29.2. The van der Waals surface area contributed by atoms with Crippen molar-refractivity contribution >= 4 is 28.7 Å². The highest BCUT2D eigenvalue weighted by Gasteiger charge is 2.15. The van der Waals surface area contributed by atoms with E-state index in [-0.39, 0.29) is 12.6 Å². The van der Waals surface area contributed by atoms with E-state index in [0.717, 1.165) is 35.3 Å². The number of imidazole rings is 1. The van der Waals surface area contributed by atoms with Crippen LogP contribution < -0.4 is 10.1 Å². The zero-order valence-corrected chi connectivity index (χ0v) is 24.1. The maximum atomic E-state index is 12.0. The molecule has 0 aliphatic heterocycles. The third kappa shape index (κ3) is 6.95. The molecule has 9 nitrogen and oxygen atoms in total. The van der Waals surface area contributed by atoms with E-state index in [0.29, 0.717) is 46.4 Å². The van der Waals surface area contributed by atoms with Crippen LogP contribution in [0.3, 0.4) is 0 Å². The third-order valence-corrected chi connectivity index (χ3v) is 6.96. The second-order valence-corrected chi connectivity index (χ2v) is 10.00. The van der Waals surface area contributed by atoms with E-state index in [1.165, 1.54) is 12.7 Å². The van der Waals surface area contributed by atoms with Crippen LogP contribution in [0.15, 0.2) is 72.8 Å².